The van der Waals surface area contributed by atoms with Gasteiger partial charge in [0.15, 0.2) is 0 Å². The third kappa shape index (κ3) is 4.67. The molecule has 1 atom stereocenters. The topological polar surface area (TPSA) is 0 Å². The monoisotopic (exact) mass is 336 g/mol. The lowest BCUT2D eigenvalue weighted by atomic mass is 10.0. The van der Waals surface area contributed by atoms with E-state index in [4.69, 9.17) is 11.6 Å². The zero-order valence-corrected chi connectivity index (χ0v) is 13.4. The van der Waals surface area contributed by atoms with Crippen LogP contribution in [0.25, 0.3) is 0 Å². The molecule has 0 nitrogen and oxygen atoms in total. The minimum absolute atomic E-state index is 0.491. The molecule has 2 aromatic rings. The molecule has 0 heterocycles. The molecule has 0 aliphatic rings. The van der Waals surface area contributed by atoms with Gasteiger partial charge in [-0.2, -0.15) is 0 Å². The lowest BCUT2D eigenvalue weighted by molar-refractivity contribution is 0.760. The van der Waals surface area contributed by atoms with E-state index in [1.807, 2.05) is 18.2 Å². The highest BCUT2D eigenvalue weighted by molar-refractivity contribution is 9.09. The van der Waals surface area contributed by atoms with E-state index in [9.17, 15) is 0 Å². The van der Waals surface area contributed by atoms with Crippen LogP contribution >= 0.6 is 27.5 Å². The van der Waals surface area contributed by atoms with Crippen molar-refractivity contribution in [3.63, 3.8) is 0 Å². The molecule has 0 radical (unpaired) electrons. The average molecular weight is 338 g/mol. The highest BCUT2D eigenvalue weighted by Crippen LogP contribution is 2.19. The van der Waals surface area contributed by atoms with Crippen LogP contribution in [-0.2, 0) is 12.8 Å². The van der Waals surface area contributed by atoms with Crippen molar-refractivity contribution in [2.24, 2.45) is 0 Å². The van der Waals surface area contributed by atoms with E-state index in [1.54, 1.807) is 0 Å². The van der Waals surface area contributed by atoms with Crippen LogP contribution in [0.4, 0.5) is 0 Å². The van der Waals surface area contributed by atoms with Crippen LogP contribution in [0.5, 0.6) is 0 Å². The highest BCUT2D eigenvalue weighted by atomic mass is 79.9. The summed E-state index contributed by atoms with van der Waals surface area (Å²) in [5.41, 5.74) is 4.11. The Bertz CT molecular complexity index is 536. The van der Waals surface area contributed by atoms with Gasteiger partial charge in [-0.15, -0.1) is 0 Å². The summed E-state index contributed by atoms with van der Waals surface area (Å²) in [7, 11) is 0. The van der Waals surface area contributed by atoms with E-state index >= 15 is 0 Å². The number of hydrogen-bond acceptors (Lipinski definition) is 0. The molecular weight excluding hydrogens is 320 g/mol. The molecule has 0 saturated carbocycles. The van der Waals surface area contributed by atoms with Crippen LogP contribution in [0.3, 0.4) is 0 Å². The number of benzene rings is 2. The number of rotatable bonds is 5. The summed E-state index contributed by atoms with van der Waals surface area (Å²) in [6.45, 7) is 2.18. The summed E-state index contributed by atoms with van der Waals surface area (Å²) in [4.78, 5) is 0.491. The van der Waals surface area contributed by atoms with Gasteiger partial charge in [0.05, 0.1) is 0 Å². The van der Waals surface area contributed by atoms with Gasteiger partial charge in [0.25, 0.3) is 0 Å². The van der Waals surface area contributed by atoms with E-state index in [-0.39, 0.29) is 0 Å². The van der Waals surface area contributed by atoms with E-state index in [1.165, 1.54) is 16.7 Å². The van der Waals surface area contributed by atoms with E-state index in [0.717, 1.165) is 24.3 Å². The Hall–Kier alpha value is -0.790. The van der Waals surface area contributed by atoms with Gasteiger partial charge in [0.1, 0.15) is 0 Å². The summed E-state index contributed by atoms with van der Waals surface area (Å²) >= 11 is 9.78. The maximum Gasteiger partial charge on any atom is 0.0408 e. The first kappa shape index (κ1) is 14.6. The quantitative estimate of drug-likeness (QED) is 0.624. The van der Waals surface area contributed by atoms with Crippen LogP contribution in [0, 0.1) is 6.92 Å². The molecule has 0 spiro atoms. The highest BCUT2D eigenvalue weighted by Gasteiger charge is 2.07. The summed E-state index contributed by atoms with van der Waals surface area (Å²) < 4.78 is 0. The van der Waals surface area contributed by atoms with Crippen molar-refractivity contribution in [1.29, 1.82) is 0 Å². The molecule has 19 heavy (non-hydrogen) atoms. The van der Waals surface area contributed by atoms with Gasteiger partial charge in [-0.25, -0.2) is 0 Å². The summed E-state index contributed by atoms with van der Waals surface area (Å²) in [6, 6.07) is 16.7. The van der Waals surface area contributed by atoms with Gasteiger partial charge in [-0.3, -0.25) is 0 Å². The van der Waals surface area contributed by atoms with Crippen LogP contribution in [0.1, 0.15) is 23.1 Å². The largest absolute Gasteiger partial charge is 0.0887 e. The fraction of sp³-hybridized carbons (Fsp3) is 0.294. The molecule has 2 aromatic carbocycles. The smallest absolute Gasteiger partial charge is 0.0408 e. The Morgan fingerprint density at radius 2 is 1.89 bits per heavy atom. The standard InChI is InChI=1S/C17H18BrCl/c1-13-5-2-3-7-15(13)9-10-16(18)11-14-6-4-8-17(19)12-14/h2-8,12,16H,9-11H2,1H3. The van der Waals surface area contributed by atoms with E-state index < -0.39 is 0 Å². The van der Waals surface area contributed by atoms with Gasteiger partial charge in [0, 0.05) is 9.85 Å². The summed E-state index contributed by atoms with van der Waals surface area (Å²) in [6.07, 6.45) is 3.27. The predicted octanol–water partition coefficient (Wildman–Crippen LogP) is 5.59. The molecule has 0 saturated heterocycles. The summed E-state index contributed by atoms with van der Waals surface area (Å²) in [5, 5.41) is 0.816. The number of hydrogen-bond donors (Lipinski definition) is 0. The number of aryl methyl sites for hydroxylation is 2. The second-order valence-corrected chi connectivity index (χ2v) is 6.63. The maximum absolute atomic E-state index is 6.01. The third-order valence-corrected chi connectivity index (χ3v) is 4.35. The Morgan fingerprint density at radius 1 is 1.11 bits per heavy atom. The van der Waals surface area contributed by atoms with Crippen LogP contribution in [0.2, 0.25) is 5.02 Å². The van der Waals surface area contributed by atoms with Gasteiger partial charge < -0.3 is 0 Å². The van der Waals surface area contributed by atoms with Crippen LogP contribution < -0.4 is 0 Å². The lowest BCUT2D eigenvalue weighted by Gasteiger charge is -2.11. The lowest BCUT2D eigenvalue weighted by Crippen LogP contribution is -2.05. The Morgan fingerprint density at radius 3 is 2.63 bits per heavy atom. The average Bonchev–Trinajstić information content (AvgIpc) is 2.38. The molecule has 0 N–H and O–H groups in total. The fourth-order valence-corrected chi connectivity index (χ4v) is 3.04. The molecule has 0 aliphatic heterocycles. The van der Waals surface area contributed by atoms with Crippen molar-refractivity contribution in [2.75, 3.05) is 0 Å². The molecular formula is C17H18BrCl. The molecule has 100 valence electrons. The molecule has 0 bridgehead atoms. The zero-order valence-electron chi connectivity index (χ0n) is 11.1. The molecule has 2 rings (SSSR count). The molecule has 0 amide bonds. The molecule has 0 aromatic heterocycles. The Kier molecular flexibility index (Phi) is 5.47. The van der Waals surface area contributed by atoms with Crippen molar-refractivity contribution in [1.82, 2.24) is 0 Å². The first-order chi connectivity index (χ1) is 9.15. The SMILES string of the molecule is Cc1ccccc1CCC(Br)Cc1cccc(Cl)c1. The van der Waals surface area contributed by atoms with Crippen molar-refractivity contribution in [3.05, 3.63) is 70.2 Å². The molecule has 1 unspecified atom stereocenters. The van der Waals surface area contributed by atoms with E-state index in [2.05, 4.69) is 53.2 Å². The van der Waals surface area contributed by atoms with Crippen LogP contribution in [0.15, 0.2) is 48.5 Å². The molecule has 0 fully saturated rings. The minimum atomic E-state index is 0.491. The molecule has 0 aliphatic carbocycles. The van der Waals surface area contributed by atoms with Crippen molar-refractivity contribution in [3.8, 4) is 0 Å². The van der Waals surface area contributed by atoms with Gasteiger partial charge >= 0.3 is 0 Å². The van der Waals surface area contributed by atoms with Crippen LogP contribution in [-0.4, -0.2) is 4.83 Å². The van der Waals surface area contributed by atoms with E-state index in [0.29, 0.717) is 4.83 Å². The number of alkyl halides is 1. The first-order valence-corrected chi connectivity index (χ1v) is 7.87. The third-order valence-electron chi connectivity index (χ3n) is 3.33. The minimum Gasteiger partial charge on any atom is -0.0887 e. The Labute approximate surface area is 128 Å². The fourth-order valence-electron chi connectivity index (χ4n) is 2.22. The zero-order chi connectivity index (χ0) is 13.7. The second-order valence-electron chi connectivity index (χ2n) is 4.90. The maximum atomic E-state index is 6.01. The van der Waals surface area contributed by atoms with Crippen molar-refractivity contribution in [2.45, 2.75) is 31.0 Å². The van der Waals surface area contributed by atoms with Gasteiger partial charge in [0.2, 0.25) is 0 Å². The van der Waals surface area contributed by atoms with Crippen molar-refractivity contribution < 1.29 is 0 Å². The van der Waals surface area contributed by atoms with Crippen molar-refractivity contribution >= 4 is 27.5 Å². The number of halogens is 2. The first-order valence-electron chi connectivity index (χ1n) is 6.58. The van der Waals surface area contributed by atoms with Gasteiger partial charge in [-0.1, -0.05) is 63.9 Å². The second kappa shape index (κ2) is 7.12. The molecule has 2 heteroatoms. The predicted molar refractivity (Wildman–Crippen MR) is 87.4 cm³/mol. The Balaban J connectivity index is 1.88. The normalized spacial score (nSPS) is 12.4. The summed E-state index contributed by atoms with van der Waals surface area (Å²) in [5.74, 6) is 0. The van der Waals surface area contributed by atoms with Gasteiger partial charge in [-0.05, 0) is 55.0 Å².